The summed E-state index contributed by atoms with van der Waals surface area (Å²) in [6, 6.07) is 9.83. The average molecular weight is 387 g/mol. The first-order valence-corrected chi connectivity index (χ1v) is 8.64. The third-order valence-electron chi connectivity index (χ3n) is 3.70. The van der Waals surface area contributed by atoms with Gasteiger partial charge in [-0.1, -0.05) is 18.2 Å². The predicted octanol–water partition coefficient (Wildman–Crippen LogP) is 3.69. The molecule has 1 aromatic heterocycles. The zero-order valence-corrected chi connectivity index (χ0v) is 16.2. The smallest absolute Gasteiger partial charge is 0.242 e. The van der Waals surface area contributed by atoms with E-state index in [1.165, 1.54) is 24.5 Å². The molecule has 1 unspecified atom stereocenters. The van der Waals surface area contributed by atoms with Gasteiger partial charge in [0.2, 0.25) is 5.91 Å². The second-order valence-corrected chi connectivity index (χ2v) is 7.04. The van der Waals surface area contributed by atoms with Crippen molar-refractivity contribution in [2.24, 2.45) is 5.73 Å². The molecule has 7 heteroatoms. The summed E-state index contributed by atoms with van der Waals surface area (Å²) < 4.78 is 18.9. The Morgan fingerprint density at radius 3 is 2.56 bits per heavy atom. The molecular formula is C18H24ClFN2O2S. The highest BCUT2D eigenvalue weighted by molar-refractivity contribution is 7.15. The first kappa shape index (κ1) is 21.6. The molecule has 0 saturated heterocycles. The SMILES string of the molecule is COCC(N)C(=O)N(Cc1ccc(-c2ccccc2F)s1)C(C)C.Cl. The van der Waals surface area contributed by atoms with Crippen LogP contribution in [0.3, 0.4) is 0 Å². The standard InChI is InChI=1S/C18H23FN2O2S.ClH/c1-12(2)21(18(22)16(20)11-23-3)10-13-8-9-17(24-13)14-6-4-5-7-15(14)19;/h4-9,12,16H,10-11,20H2,1-3H3;1H. The summed E-state index contributed by atoms with van der Waals surface area (Å²) in [5, 5.41) is 0. The van der Waals surface area contributed by atoms with E-state index in [0.717, 1.165) is 9.75 Å². The zero-order valence-electron chi connectivity index (χ0n) is 14.6. The van der Waals surface area contributed by atoms with Crippen molar-refractivity contribution in [3.05, 3.63) is 47.1 Å². The quantitative estimate of drug-likeness (QED) is 0.789. The van der Waals surface area contributed by atoms with Crippen LogP contribution in [0.5, 0.6) is 0 Å². The molecule has 0 fully saturated rings. The van der Waals surface area contributed by atoms with Crippen molar-refractivity contribution in [1.29, 1.82) is 0 Å². The summed E-state index contributed by atoms with van der Waals surface area (Å²) in [6.07, 6.45) is 0. The molecule has 0 aliphatic heterocycles. The highest BCUT2D eigenvalue weighted by atomic mass is 35.5. The first-order chi connectivity index (χ1) is 11.4. The molecule has 138 valence electrons. The van der Waals surface area contributed by atoms with Crippen molar-refractivity contribution in [3.63, 3.8) is 0 Å². The molecule has 25 heavy (non-hydrogen) atoms. The Labute approximate surface area is 158 Å². The number of hydrogen-bond acceptors (Lipinski definition) is 4. The fourth-order valence-electron chi connectivity index (χ4n) is 2.42. The van der Waals surface area contributed by atoms with E-state index in [2.05, 4.69) is 0 Å². The monoisotopic (exact) mass is 386 g/mol. The molecule has 2 aromatic rings. The van der Waals surface area contributed by atoms with Crippen molar-refractivity contribution in [2.75, 3.05) is 13.7 Å². The van der Waals surface area contributed by atoms with E-state index in [1.54, 1.807) is 17.0 Å². The van der Waals surface area contributed by atoms with Gasteiger partial charge in [-0.15, -0.1) is 23.7 Å². The summed E-state index contributed by atoms with van der Waals surface area (Å²) in [6.45, 7) is 4.53. The van der Waals surface area contributed by atoms with Gasteiger partial charge >= 0.3 is 0 Å². The van der Waals surface area contributed by atoms with Gasteiger partial charge in [0.1, 0.15) is 11.9 Å². The second-order valence-electron chi connectivity index (χ2n) is 5.87. The van der Waals surface area contributed by atoms with Gasteiger partial charge < -0.3 is 15.4 Å². The van der Waals surface area contributed by atoms with Crippen molar-refractivity contribution in [1.82, 2.24) is 4.90 Å². The summed E-state index contributed by atoms with van der Waals surface area (Å²) in [5.74, 6) is -0.391. The molecule has 4 nitrogen and oxygen atoms in total. The van der Waals surface area contributed by atoms with Crippen LogP contribution in [0.25, 0.3) is 10.4 Å². The number of thiophene rings is 1. The van der Waals surface area contributed by atoms with Crippen LogP contribution in [0.2, 0.25) is 0 Å². The largest absolute Gasteiger partial charge is 0.383 e. The number of carbonyl (C=O) groups is 1. The van der Waals surface area contributed by atoms with Crippen LogP contribution in [-0.4, -0.2) is 36.6 Å². The van der Waals surface area contributed by atoms with Gasteiger partial charge in [-0.05, 0) is 32.0 Å². The number of benzene rings is 1. The van der Waals surface area contributed by atoms with E-state index in [-0.39, 0.29) is 36.8 Å². The molecular weight excluding hydrogens is 363 g/mol. The number of nitrogens with two attached hydrogens (primary N) is 1. The van der Waals surface area contributed by atoms with Gasteiger partial charge in [-0.25, -0.2) is 4.39 Å². The van der Waals surface area contributed by atoms with E-state index < -0.39 is 6.04 Å². The zero-order chi connectivity index (χ0) is 17.7. The number of ether oxygens (including phenoxy) is 1. The van der Waals surface area contributed by atoms with Crippen LogP contribution in [0.15, 0.2) is 36.4 Å². The minimum absolute atomic E-state index is 0. The van der Waals surface area contributed by atoms with Crippen LogP contribution in [0, 0.1) is 5.82 Å². The maximum absolute atomic E-state index is 13.9. The van der Waals surface area contributed by atoms with E-state index in [4.69, 9.17) is 10.5 Å². The van der Waals surface area contributed by atoms with E-state index in [1.807, 2.05) is 32.0 Å². The first-order valence-electron chi connectivity index (χ1n) is 7.82. The number of hydrogen-bond donors (Lipinski definition) is 1. The minimum Gasteiger partial charge on any atom is -0.383 e. The summed E-state index contributed by atoms with van der Waals surface area (Å²) in [7, 11) is 1.52. The van der Waals surface area contributed by atoms with Gasteiger partial charge in [0.05, 0.1) is 13.2 Å². The highest BCUT2D eigenvalue weighted by Crippen LogP contribution is 2.31. The van der Waals surface area contributed by atoms with Crippen LogP contribution < -0.4 is 5.73 Å². The van der Waals surface area contributed by atoms with Gasteiger partial charge in [0.15, 0.2) is 0 Å². The molecule has 1 aromatic carbocycles. The molecule has 0 saturated carbocycles. The molecule has 2 N–H and O–H groups in total. The van der Waals surface area contributed by atoms with Gasteiger partial charge in [0, 0.05) is 28.5 Å². The van der Waals surface area contributed by atoms with Gasteiger partial charge in [0.25, 0.3) is 0 Å². The Hall–Kier alpha value is -1.47. The van der Waals surface area contributed by atoms with Crippen LogP contribution >= 0.6 is 23.7 Å². The normalized spacial score (nSPS) is 11.9. The fourth-order valence-corrected chi connectivity index (χ4v) is 3.45. The molecule has 2 rings (SSSR count). The van der Waals surface area contributed by atoms with E-state index in [9.17, 15) is 9.18 Å². The highest BCUT2D eigenvalue weighted by Gasteiger charge is 2.24. The summed E-state index contributed by atoms with van der Waals surface area (Å²) in [4.78, 5) is 16.0. The molecule has 0 bridgehead atoms. The van der Waals surface area contributed by atoms with Gasteiger partial charge in [-0.3, -0.25) is 4.79 Å². The molecule has 1 amide bonds. The lowest BCUT2D eigenvalue weighted by Crippen LogP contribution is -2.48. The lowest BCUT2D eigenvalue weighted by atomic mass is 10.2. The number of carbonyl (C=O) groups excluding carboxylic acids is 1. The maximum Gasteiger partial charge on any atom is 0.242 e. The lowest BCUT2D eigenvalue weighted by Gasteiger charge is -2.28. The maximum atomic E-state index is 13.9. The number of methoxy groups -OCH3 is 1. The molecule has 0 aliphatic carbocycles. The number of amides is 1. The third kappa shape index (κ3) is 5.51. The van der Waals surface area contributed by atoms with Crippen molar-refractivity contribution >= 4 is 29.7 Å². The molecule has 0 spiro atoms. The van der Waals surface area contributed by atoms with Crippen molar-refractivity contribution < 1.29 is 13.9 Å². The van der Waals surface area contributed by atoms with Crippen molar-refractivity contribution in [3.8, 4) is 10.4 Å². The van der Waals surface area contributed by atoms with E-state index in [0.29, 0.717) is 12.1 Å². The van der Waals surface area contributed by atoms with Crippen LogP contribution in [0.1, 0.15) is 18.7 Å². The molecule has 0 radical (unpaired) electrons. The Morgan fingerprint density at radius 1 is 1.28 bits per heavy atom. The van der Waals surface area contributed by atoms with Crippen LogP contribution in [0.4, 0.5) is 4.39 Å². The Kier molecular flexibility index (Phi) is 8.52. The average Bonchev–Trinajstić information content (AvgIpc) is 3.00. The summed E-state index contributed by atoms with van der Waals surface area (Å²) >= 11 is 1.48. The predicted molar refractivity (Wildman–Crippen MR) is 102 cm³/mol. The summed E-state index contributed by atoms with van der Waals surface area (Å²) in [5.41, 5.74) is 6.45. The number of halogens is 2. The second kappa shape index (κ2) is 9.87. The van der Waals surface area contributed by atoms with E-state index >= 15 is 0 Å². The molecule has 0 aliphatic rings. The number of rotatable bonds is 7. The fraction of sp³-hybridized carbons (Fsp3) is 0.389. The topological polar surface area (TPSA) is 55.6 Å². The third-order valence-corrected chi connectivity index (χ3v) is 4.80. The Morgan fingerprint density at radius 2 is 1.96 bits per heavy atom. The van der Waals surface area contributed by atoms with Gasteiger partial charge in [-0.2, -0.15) is 0 Å². The molecule has 1 heterocycles. The lowest BCUT2D eigenvalue weighted by molar-refractivity contribution is -0.136. The number of nitrogens with zero attached hydrogens (tertiary/aromatic N) is 1. The van der Waals surface area contributed by atoms with Crippen molar-refractivity contribution in [2.45, 2.75) is 32.5 Å². The molecule has 1 atom stereocenters. The van der Waals surface area contributed by atoms with Crippen LogP contribution in [-0.2, 0) is 16.1 Å². The Bertz CT molecular complexity index is 693. The Balaban J connectivity index is 0.00000312. The minimum atomic E-state index is -0.677.